The van der Waals surface area contributed by atoms with Gasteiger partial charge in [-0.3, -0.25) is 4.79 Å². The Kier molecular flexibility index (Phi) is 4.18. The third-order valence-electron chi connectivity index (χ3n) is 3.04. The fourth-order valence-electron chi connectivity index (χ4n) is 1.83. The number of benzene rings is 1. The summed E-state index contributed by atoms with van der Waals surface area (Å²) in [6.45, 7) is 0. The Hall–Kier alpha value is -2.58. The molecular formula is C16H16N2O2. The number of allylic oxidation sites excluding steroid dienone is 4. The first-order valence-corrected chi connectivity index (χ1v) is 6.31. The van der Waals surface area contributed by atoms with Gasteiger partial charge in [0.1, 0.15) is 5.94 Å². The van der Waals surface area contributed by atoms with Crippen LogP contribution in [0.15, 0.2) is 53.8 Å². The van der Waals surface area contributed by atoms with E-state index < -0.39 is 0 Å². The van der Waals surface area contributed by atoms with Gasteiger partial charge in [-0.25, -0.2) is 4.79 Å². The van der Waals surface area contributed by atoms with E-state index in [4.69, 9.17) is 0 Å². The fraction of sp³-hybridized carbons (Fsp3) is 0.188. The summed E-state index contributed by atoms with van der Waals surface area (Å²) in [6, 6.07) is 7.36. The SMILES string of the molecule is CN(C)c1ccc(C(=O)NC2=CCC(=C=O)C=C2)cc1. The Morgan fingerprint density at radius 3 is 2.40 bits per heavy atom. The molecule has 4 heteroatoms. The quantitative estimate of drug-likeness (QED) is 0.854. The highest BCUT2D eigenvalue weighted by atomic mass is 16.1. The molecule has 1 aromatic rings. The van der Waals surface area contributed by atoms with Crippen molar-refractivity contribution in [3.63, 3.8) is 0 Å². The topological polar surface area (TPSA) is 49.4 Å². The van der Waals surface area contributed by atoms with Gasteiger partial charge in [0.05, 0.1) is 0 Å². The molecule has 0 saturated carbocycles. The van der Waals surface area contributed by atoms with Crippen LogP contribution in [0.5, 0.6) is 0 Å². The maximum atomic E-state index is 12.1. The standard InChI is InChI=1S/C16H16N2O2/c1-18(2)15-9-5-13(6-10-15)16(20)17-14-7-3-12(11-19)4-8-14/h3,5-10H,4H2,1-2H3,(H,17,20). The van der Waals surface area contributed by atoms with Gasteiger partial charge in [-0.05, 0) is 36.4 Å². The Bertz CT molecular complexity index is 618. The molecule has 1 aliphatic rings. The van der Waals surface area contributed by atoms with Crippen molar-refractivity contribution in [2.24, 2.45) is 0 Å². The number of nitrogens with one attached hydrogen (secondary N) is 1. The summed E-state index contributed by atoms with van der Waals surface area (Å²) in [5, 5.41) is 2.81. The summed E-state index contributed by atoms with van der Waals surface area (Å²) in [6.07, 6.45) is 5.66. The van der Waals surface area contributed by atoms with E-state index in [9.17, 15) is 9.59 Å². The number of carbonyl (C=O) groups excluding carboxylic acids is 2. The molecule has 1 N–H and O–H groups in total. The van der Waals surface area contributed by atoms with Gasteiger partial charge in [-0.2, -0.15) is 0 Å². The summed E-state index contributed by atoms with van der Waals surface area (Å²) < 4.78 is 0. The number of amides is 1. The van der Waals surface area contributed by atoms with E-state index in [0.717, 1.165) is 5.69 Å². The Balaban J connectivity index is 2.04. The highest BCUT2D eigenvalue weighted by molar-refractivity contribution is 5.96. The third-order valence-corrected chi connectivity index (χ3v) is 3.04. The van der Waals surface area contributed by atoms with E-state index in [1.54, 1.807) is 30.4 Å². The Morgan fingerprint density at radius 1 is 1.20 bits per heavy atom. The van der Waals surface area contributed by atoms with Crippen LogP contribution in [0.4, 0.5) is 5.69 Å². The van der Waals surface area contributed by atoms with Crippen molar-refractivity contribution in [3.05, 3.63) is 59.3 Å². The first-order chi connectivity index (χ1) is 9.60. The van der Waals surface area contributed by atoms with Gasteiger partial charge in [0.15, 0.2) is 0 Å². The number of anilines is 1. The lowest BCUT2D eigenvalue weighted by Gasteiger charge is -2.13. The van der Waals surface area contributed by atoms with Crippen LogP contribution in [0.25, 0.3) is 0 Å². The first kappa shape index (κ1) is 13.8. The number of rotatable bonds is 3. The summed E-state index contributed by atoms with van der Waals surface area (Å²) >= 11 is 0. The monoisotopic (exact) mass is 268 g/mol. The van der Waals surface area contributed by atoms with Crippen molar-refractivity contribution in [2.75, 3.05) is 19.0 Å². The molecule has 0 aliphatic heterocycles. The van der Waals surface area contributed by atoms with Gasteiger partial charge in [0.2, 0.25) is 0 Å². The molecule has 0 saturated heterocycles. The highest BCUT2D eigenvalue weighted by Crippen LogP contribution is 2.14. The van der Waals surface area contributed by atoms with Crippen LogP contribution < -0.4 is 10.2 Å². The lowest BCUT2D eigenvalue weighted by molar-refractivity contribution is 0.0967. The van der Waals surface area contributed by atoms with Crippen LogP contribution in [-0.2, 0) is 4.79 Å². The molecule has 1 aromatic carbocycles. The predicted molar refractivity (Wildman–Crippen MR) is 79.3 cm³/mol. The van der Waals surface area contributed by atoms with E-state index in [-0.39, 0.29) is 5.91 Å². The molecule has 1 amide bonds. The normalized spacial score (nSPS) is 13.5. The lowest BCUT2D eigenvalue weighted by Crippen LogP contribution is -2.22. The Labute approximate surface area is 118 Å². The minimum atomic E-state index is -0.162. The minimum absolute atomic E-state index is 0.162. The van der Waals surface area contributed by atoms with Crippen molar-refractivity contribution in [3.8, 4) is 0 Å². The molecule has 1 aliphatic carbocycles. The molecule has 0 atom stereocenters. The number of carbonyl (C=O) groups is 1. The molecule has 0 aromatic heterocycles. The van der Waals surface area contributed by atoms with Crippen molar-refractivity contribution < 1.29 is 9.59 Å². The molecule has 0 bridgehead atoms. The molecule has 102 valence electrons. The van der Waals surface area contributed by atoms with Crippen LogP contribution in [0.1, 0.15) is 16.8 Å². The van der Waals surface area contributed by atoms with Gasteiger partial charge in [0, 0.05) is 43.0 Å². The molecule has 0 spiro atoms. The van der Waals surface area contributed by atoms with Crippen molar-refractivity contribution in [1.82, 2.24) is 5.32 Å². The number of hydrogen-bond acceptors (Lipinski definition) is 3. The highest BCUT2D eigenvalue weighted by Gasteiger charge is 2.09. The minimum Gasteiger partial charge on any atom is -0.378 e. The van der Waals surface area contributed by atoms with E-state index in [1.165, 1.54) is 0 Å². The fourth-order valence-corrected chi connectivity index (χ4v) is 1.83. The molecule has 0 radical (unpaired) electrons. The van der Waals surface area contributed by atoms with Gasteiger partial charge in [-0.15, -0.1) is 0 Å². The molecule has 0 fully saturated rings. The second kappa shape index (κ2) is 6.04. The number of hydrogen-bond donors (Lipinski definition) is 1. The summed E-state index contributed by atoms with van der Waals surface area (Å²) in [5.41, 5.74) is 2.92. The molecule has 2 rings (SSSR count). The van der Waals surface area contributed by atoms with Crippen LogP contribution >= 0.6 is 0 Å². The molecular weight excluding hydrogens is 252 g/mol. The molecule has 0 heterocycles. The molecule has 20 heavy (non-hydrogen) atoms. The zero-order chi connectivity index (χ0) is 14.5. The largest absolute Gasteiger partial charge is 0.378 e. The second-order valence-electron chi connectivity index (χ2n) is 4.72. The lowest BCUT2D eigenvalue weighted by atomic mass is 10.1. The van der Waals surface area contributed by atoms with Gasteiger partial charge < -0.3 is 10.2 Å². The summed E-state index contributed by atoms with van der Waals surface area (Å²) in [4.78, 5) is 24.5. The maximum absolute atomic E-state index is 12.1. The Morgan fingerprint density at radius 2 is 1.90 bits per heavy atom. The van der Waals surface area contributed by atoms with Crippen molar-refractivity contribution in [1.29, 1.82) is 0 Å². The molecule has 0 unspecified atom stereocenters. The summed E-state index contributed by atoms with van der Waals surface area (Å²) in [7, 11) is 3.90. The van der Waals surface area contributed by atoms with Crippen molar-refractivity contribution >= 4 is 17.5 Å². The van der Waals surface area contributed by atoms with Gasteiger partial charge in [0.25, 0.3) is 5.91 Å². The van der Waals surface area contributed by atoms with Gasteiger partial charge >= 0.3 is 0 Å². The number of nitrogens with zero attached hydrogens (tertiary/aromatic N) is 1. The van der Waals surface area contributed by atoms with Crippen molar-refractivity contribution in [2.45, 2.75) is 6.42 Å². The maximum Gasteiger partial charge on any atom is 0.255 e. The zero-order valence-corrected chi connectivity index (χ0v) is 11.5. The van der Waals surface area contributed by atoms with E-state index in [1.807, 2.05) is 37.1 Å². The second-order valence-corrected chi connectivity index (χ2v) is 4.72. The van der Waals surface area contributed by atoms with Crippen LogP contribution in [0.3, 0.4) is 0 Å². The summed E-state index contributed by atoms with van der Waals surface area (Å²) in [5.74, 6) is 1.68. The van der Waals surface area contributed by atoms with Crippen LogP contribution in [-0.4, -0.2) is 25.9 Å². The van der Waals surface area contributed by atoms with E-state index in [2.05, 4.69) is 5.32 Å². The third kappa shape index (κ3) is 3.25. The zero-order valence-electron chi connectivity index (χ0n) is 11.5. The van der Waals surface area contributed by atoms with E-state index in [0.29, 0.717) is 23.3 Å². The van der Waals surface area contributed by atoms with Crippen LogP contribution in [0.2, 0.25) is 0 Å². The smallest absolute Gasteiger partial charge is 0.255 e. The van der Waals surface area contributed by atoms with E-state index >= 15 is 0 Å². The average Bonchev–Trinajstić information content (AvgIpc) is 2.48. The predicted octanol–water partition coefficient (Wildman–Crippen LogP) is 2.08. The molecule has 4 nitrogen and oxygen atoms in total. The average molecular weight is 268 g/mol. The van der Waals surface area contributed by atoms with Crippen LogP contribution in [0, 0.1) is 0 Å². The first-order valence-electron chi connectivity index (χ1n) is 6.31. The van der Waals surface area contributed by atoms with Gasteiger partial charge in [-0.1, -0.05) is 6.08 Å².